The lowest BCUT2D eigenvalue weighted by Gasteiger charge is -2.25. The van der Waals surface area contributed by atoms with Crippen LogP contribution in [-0.2, 0) is 5.60 Å². The molecule has 84 valence electrons. The summed E-state index contributed by atoms with van der Waals surface area (Å²) < 4.78 is 49.0. The zero-order valence-electron chi connectivity index (χ0n) is 7.98. The summed E-state index contributed by atoms with van der Waals surface area (Å²) in [4.78, 5) is 0. The van der Waals surface area contributed by atoms with Crippen molar-refractivity contribution in [3.05, 3.63) is 35.6 Å². The van der Waals surface area contributed by atoms with E-state index in [0.29, 0.717) is 0 Å². The van der Waals surface area contributed by atoms with Crippen LogP contribution >= 0.6 is 0 Å². The lowest BCUT2D eigenvalue weighted by atomic mass is 9.92. The molecule has 1 aromatic carbocycles. The third-order valence-electron chi connectivity index (χ3n) is 1.99. The molecule has 0 heterocycles. The van der Waals surface area contributed by atoms with Gasteiger partial charge in [-0.3, -0.25) is 0 Å². The molecule has 0 aliphatic heterocycles. The number of aliphatic hydroxyl groups is 1. The van der Waals surface area contributed by atoms with Crippen molar-refractivity contribution in [3.63, 3.8) is 0 Å². The highest BCUT2D eigenvalue weighted by molar-refractivity contribution is 5.22. The molecule has 1 unspecified atom stereocenters. The van der Waals surface area contributed by atoms with Crippen molar-refractivity contribution in [2.45, 2.75) is 25.1 Å². The first kappa shape index (κ1) is 12.0. The Hall–Kier alpha value is -1.10. The Balaban J connectivity index is 2.95. The Morgan fingerprint density at radius 2 is 1.87 bits per heavy atom. The van der Waals surface area contributed by atoms with Crippen LogP contribution in [0.5, 0.6) is 0 Å². The summed E-state index contributed by atoms with van der Waals surface area (Å²) in [6.45, 7) is 1.01. The first-order valence-electron chi connectivity index (χ1n) is 4.26. The molecule has 1 atom stereocenters. The van der Waals surface area contributed by atoms with Gasteiger partial charge >= 0.3 is 6.18 Å². The third-order valence-corrected chi connectivity index (χ3v) is 1.99. The van der Waals surface area contributed by atoms with E-state index in [1.165, 1.54) is 12.1 Å². The zero-order chi connectivity index (χ0) is 11.7. The van der Waals surface area contributed by atoms with Gasteiger partial charge in [-0.1, -0.05) is 12.1 Å². The van der Waals surface area contributed by atoms with Gasteiger partial charge < -0.3 is 5.11 Å². The highest BCUT2D eigenvalue weighted by Gasteiger charge is 2.39. The second kappa shape index (κ2) is 3.81. The predicted molar refractivity (Wildman–Crippen MR) is 46.6 cm³/mol. The summed E-state index contributed by atoms with van der Waals surface area (Å²) in [6, 6.07) is 4.52. The maximum absolute atomic E-state index is 12.7. The van der Waals surface area contributed by atoms with Crippen LogP contribution in [0.1, 0.15) is 18.9 Å². The van der Waals surface area contributed by atoms with Gasteiger partial charge in [-0.2, -0.15) is 13.2 Å². The van der Waals surface area contributed by atoms with Gasteiger partial charge in [0.2, 0.25) is 0 Å². The summed E-state index contributed by atoms with van der Waals surface area (Å²) >= 11 is 0. The minimum atomic E-state index is -4.49. The zero-order valence-corrected chi connectivity index (χ0v) is 7.98. The smallest absolute Gasteiger partial charge is 0.385 e. The molecule has 5 heteroatoms. The molecule has 1 rings (SSSR count). The minimum absolute atomic E-state index is 0.0835. The molecule has 0 fully saturated rings. The molecular weight excluding hydrogens is 212 g/mol. The van der Waals surface area contributed by atoms with E-state index < -0.39 is 24.0 Å². The molecule has 0 amide bonds. The van der Waals surface area contributed by atoms with Crippen molar-refractivity contribution >= 4 is 0 Å². The Morgan fingerprint density at radius 3 is 2.33 bits per heavy atom. The van der Waals surface area contributed by atoms with E-state index in [1.54, 1.807) is 0 Å². The molecule has 0 aromatic heterocycles. The molecule has 15 heavy (non-hydrogen) atoms. The number of alkyl halides is 3. The van der Waals surface area contributed by atoms with E-state index in [2.05, 4.69) is 0 Å². The summed E-state index contributed by atoms with van der Waals surface area (Å²) in [5.74, 6) is -0.671. The van der Waals surface area contributed by atoms with Crippen molar-refractivity contribution in [1.82, 2.24) is 0 Å². The number of hydrogen-bond acceptors (Lipinski definition) is 1. The molecule has 0 radical (unpaired) electrons. The lowest BCUT2D eigenvalue weighted by Crippen LogP contribution is -2.29. The Bertz CT molecular complexity index is 344. The second-order valence-corrected chi connectivity index (χ2v) is 3.58. The monoisotopic (exact) mass is 222 g/mol. The maximum atomic E-state index is 12.7. The maximum Gasteiger partial charge on any atom is 0.392 e. The van der Waals surface area contributed by atoms with E-state index in [9.17, 15) is 22.7 Å². The lowest BCUT2D eigenvalue weighted by molar-refractivity contribution is -0.174. The first-order chi connectivity index (χ1) is 6.71. The molecule has 0 aliphatic carbocycles. The number of halogens is 4. The molecule has 0 bridgehead atoms. The molecule has 1 aromatic rings. The van der Waals surface area contributed by atoms with Crippen molar-refractivity contribution in [2.24, 2.45) is 0 Å². The van der Waals surface area contributed by atoms with Gasteiger partial charge in [-0.25, -0.2) is 4.39 Å². The van der Waals surface area contributed by atoms with Crippen LogP contribution in [0.3, 0.4) is 0 Å². The normalized spacial score (nSPS) is 16.1. The molecule has 0 saturated heterocycles. The van der Waals surface area contributed by atoms with Crippen LogP contribution in [0.4, 0.5) is 17.6 Å². The predicted octanol–water partition coefficient (Wildman–Crippen LogP) is 2.99. The van der Waals surface area contributed by atoms with Crippen LogP contribution in [-0.4, -0.2) is 11.3 Å². The van der Waals surface area contributed by atoms with Gasteiger partial charge in [0.15, 0.2) is 0 Å². The third kappa shape index (κ3) is 3.51. The number of hydrogen-bond donors (Lipinski definition) is 1. The SMILES string of the molecule is CC(O)(CC(F)(F)F)c1cccc(F)c1. The largest absolute Gasteiger partial charge is 0.392 e. The Morgan fingerprint density at radius 1 is 1.27 bits per heavy atom. The van der Waals surface area contributed by atoms with E-state index in [1.807, 2.05) is 0 Å². The fourth-order valence-corrected chi connectivity index (χ4v) is 1.32. The summed E-state index contributed by atoms with van der Waals surface area (Å²) in [7, 11) is 0. The van der Waals surface area contributed by atoms with Crippen LogP contribution in [0, 0.1) is 5.82 Å². The van der Waals surface area contributed by atoms with E-state index in [0.717, 1.165) is 19.1 Å². The highest BCUT2D eigenvalue weighted by Crippen LogP contribution is 2.34. The van der Waals surface area contributed by atoms with Gasteiger partial charge in [0.1, 0.15) is 5.82 Å². The van der Waals surface area contributed by atoms with Gasteiger partial charge in [0, 0.05) is 0 Å². The summed E-state index contributed by atoms with van der Waals surface area (Å²) in [5.41, 5.74) is -2.18. The molecule has 1 nitrogen and oxygen atoms in total. The highest BCUT2D eigenvalue weighted by atomic mass is 19.4. The van der Waals surface area contributed by atoms with Crippen molar-refractivity contribution < 1.29 is 22.7 Å². The summed E-state index contributed by atoms with van der Waals surface area (Å²) in [6.07, 6.45) is -5.89. The summed E-state index contributed by atoms with van der Waals surface area (Å²) in [5, 5.41) is 9.56. The van der Waals surface area contributed by atoms with Gasteiger partial charge in [-0.15, -0.1) is 0 Å². The fraction of sp³-hybridized carbons (Fsp3) is 0.400. The Labute approximate surface area is 84.3 Å². The van der Waals surface area contributed by atoms with E-state index >= 15 is 0 Å². The van der Waals surface area contributed by atoms with E-state index in [-0.39, 0.29) is 5.56 Å². The molecule has 0 saturated carbocycles. The van der Waals surface area contributed by atoms with Crippen molar-refractivity contribution in [1.29, 1.82) is 0 Å². The second-order valence-electron chi connectivity index (χ2n) is 3.58. The van der Waals surface area contributed by atoms with Gasteiger partial charge in [0.25, 0.3) is 0 Å². The average molecular weight is 222 g/mol. The van der Waals surface area contributed by atoms with Crippen LogP contribution in [0.15, 0.2) is 24.3 Å². The van der Waals surface area contributed by atoms with Crippen molar-refractivity contribution in [2.75, 3.05) is 0 Å². The fourth-order valence-electron chi connectivity index (χ4n) is 1.32. The van der Waals surface area contributed by atoms with Crippen LogP contribution < -0.4 is 0 Å². The molecule has 0 aliphatic rings. The van der Waals surface area contributed by atoms with E-state index in [4.69, 9.17) is 0 Å². The Kier molecular flexibility index (Phi) is 3.04. The minimum Gasteiger partial charge on any atom is -0.385 e. The molecular formula is C10H10F4O. The van der Waals surface area contributed by atoms with Gasteiger partial charge in [0.05, 0.1) is 12.0 Å². The standard InChI is InChI=1S/C10H10F4O/c1-9(15,6-10(12,13)14)7-3-2-4-8(11)5-7/h2-5,15H,6H2,1H3. The van der Waals surface area contributed by atoms with Gasteiger partial charge in [-0.05, 0) is 24.6 Å². The quantitative estimate of drug-likeness (QED) is 0.762. The molecule has 0 spiro atoms. The van der Waals surface area contributed by atoms with Crippen molar-refractivity contribution in [3.8, 4) is 0 Å². The number of benzene rings is 1. The molecule has 1 N–H and O–H groups in total. The first-order valence-corrected chi connectivity index (χ1v) is 4.26. The number of rotatable bonds is 2. The van der Waals surface area contributed by atoms with Crippen LogP contribution in [0.25, 0.3) is 0 Å². The van der Waals surface area contributed by atoms with Crippen LogP contribution in [0.2, 0.25) is 0 Å². The average Bonchev–Trinajstić information content (AvgIpc) is 1.99. The topological polar surface area (TPSA) is 20.2 Å².